The highest BCUT2D eigenvalue weighted by atomic mass is 32.1. The van der Waals surface area contributed by atoms with Crippen molar-refractivity contribution < 1.29 is 0 Å². The zero-order chi connectivity index (χ0) is 10.1. The van der Waals surface area contributed by atoms with Crippen LogP contribution in [0.4, 0.5) is 0 Å². The van der Waals surface area contributed by atoms with Crippen molar-refractivity contribution >= 4 is 12.6 Å². The maximum atomic E-state index is 4.31. The van der Waals surface area contributed by atoms with Gasteiger partial charge in [-0.15, -0.1) is 0 Å². The lowest BCUT2D eigenvalue weighted by molar-refractivity contribution is 0.328. The third kappa shape index (κ3) is 2.72. The summed E-state index contributed by atoms with van der Waals surface area (Å²) in [5.74, 6) is 2.67. The van der Waals surface area contributed by atoms with Gasteiger partial charge in [-0.3, -0.25) is 0 Å². The topological polar surface area (TPSA) is 30.7 Å². The quantitative estimate of drug-likeness (QED) is 0.753. The fraction of sp³-hybridized carbons (Fsp3) is 0.778. The van der Waals surface area contributed by atoms with Gasteiger partial charge >= 0.3 is 0 Å². The summed E-state index contributed by atoms with van der Waals surface area (Å²) < 4.78 is 1.95. The normalized spacial score (nSPS) is 12.1. The van der Waals surface area contributed by atoms with E-state index in [1.54, 1.807) is 0 Å². The fourth-order valence-corrected chi connectivity index (χ4v) is 1.27. The van der Waals surface area contributed by atoms with Crippen molar-refractivity contribution in [2.45, 2.75) is 34.2 Å². The molecule has 1 heterocycles. The van der Waals surface area contributed by atoms with E-state index >= 15 is 0 Å². The first kappa shape index (κ1) is 10.6. The van der Waals surface area contributed by atoms with Crippen LogP contribution in [0.1, 0.15) is 25.5 Å². The highest BCUT2D eigenvalue weighted by Gasteiger charge is 2.18. The van der Waals surface area contributed by atoms with Gasteiger partial charge in [-0.05, 0) is 25.0 Å². The van der Waals surface area contributed by atoms with Gasteiger partial charge in [0.2, 0.25) is 0 Å². The Morgan fingerprint density at radius 1 is 1.38 bits per heavy atom. The number of hydrogen-bond donors (Lipinski definition) is 1. The van der Waals surface area contributed by atoms with Gasteiger partial charge < -0.3 is 0 Å². The number of aromatic nitrogens is 3. The molecule has 0 atom stereocenters. The zero-order valence-corrected chi connectivity index (χ0v) is 9.60. The first-order chi connectivity index (χ1) is 5.94. The Kier molecular flexibility index (Phi) is 3.01. The van der Waals surface area contributed by atoms with E-state index in [-0.39, 0.29) is 5.41 Å². The fourth-order valence-electron chi connectivity index (χ4n) is 1.17. The van der Waals surface area contributed by atoms with Crippen LogP contribution in [0.2, 0.25) is 0 Å². The van der Waals surface area contributed by atoms with Crippen LogP contribution in [0.5, 0.6) is 0 Å². The highest BCUT2D eigenvalue weighted by molar-refractivity contribution is 7.80. The lowest BCUT2D eigenvalue weighted by Crippen LogP contribution is -2.23. The van der Waals surface area contributed by atoms with E-state index in [2.05, 4.69) is 36.6 Å². The summed E-state index contributed by atoms with van der Waals surface area (Å²) in [4.78, 5) is 4.26. The van der Waals surface area contributed by atoms with Crippen LogP contribution in [0.15, 0.2) is 0 Å². The molecule has 0 aliphatic rings. The molecule has 0 spiro atoms. The minimum atomic E-state index is 0.175. The SMILES string of the molecule is Cc1nc(C)n(CC(C)(C)CS)n1. The Morgan fingerprint density at radius 3 is 2.38 bits per heavy atom. The molecule has 0 amide bonds. The molecule has 0 radical (unpaired) electrons. The largest absolute Gasteiger partial charge is 0.250 e. The smallest absolute Gasteiger partial charge is 0.147 e. The Balaban J connectivity index is 2.79. The van der Waals surface area contributed by atoms with Crippen molar-refractivity contribution in [1.82, 2.24) is 14.8 Å². The van der Waals surface area contributed by atoms with Gasteiger partial charge in [0.1, 0.15) is 11.6 Å². The summed E-state index contributed by atoms with van der Waals surface area (Å²) in [6, 6.07) is 0. The molecule has 1 rings (SSSR count). The van der Waals surface area contributed by atoms with Gasteiger partial charge in [0.25, 0.3) is 0 Å². The Hall–Kier alpha value is -0.510. The van der Waals surface area contributed by atoms with E-state index < -0.39 is 0 Å². The van der Waals surface area contributed by atoms with E-state index in [1.807, 2.05) is 18.5 Å². The molecular weight excluding hydrogens is 182 g/mol. The molecule has 74 valence electrons. The predicted molar refractivity (Wildman–Crippen MR) is 57.1 cm³/mol. The summed E-state index contributed by atoms with van der Waals surface area (Å²) in [6.45, 7) is 9.13. The Bertz CT molecular complexity index is 291. The summed E-state index contributed by atoms with van der Waals surface area (Å²) in [5.41, 5.74) is 0.175. The van der Waals surface area contributed by atoms with Crippen LogP contribution < -0.4 is 0 Å². The zero-order valence-electron chi connectivity index (χ0n) is 8.70. The second-order valence-corrected chi connectivity index (χ2v) is 4.50. The molecule has 13 heavy (non-hydrogen) atoms. The number of rotatable bonds is 3. The van der Waals surface area contributed by atoms with Crippen LogP contribution in [-0.4, -0.2) is 20.5 Å². The molecular formula is C9H17N3S. The van der Waals surface area contributed by atoms with Crippen LogP contribution in [0, 0.1) is 19.3 Å². The molecule has 0 saturated carbocycles. The molecule has 0 saturated heterocycles. The number of hydrogen-bond acceptors (Lipinski definition) is 3. The van der Waals surface area contributed by atoms with E-state index in [4.69, 9.17) is 0 Å². The van der Waals surface area contributed by atoms with Gasteiger partial charge in [-0.2, -0.15) is 17.7 Å². The minimum absolute atomic E-state index is 0.175. The Labute approximate surface area is 85.0 Å². The molecule has 3 nitrogen and oxygen atoms in total. The molecule has 0 aliphatic carbocycles. The second-order valence-electron chi connectivity index (χ2n) is 4.19. The molecule has 0 aromatic carbocycles. The van der Waals surface area contributed by atoms with Crippen LogP contribution >= 0.6 is 12.6 Å². The van der Waals surface area contributed by atoms with Crippen molar-refractivity contribution in [2.24, 2.45) is 5.41 Å². The van der Waals surface area contributed by atoms with Gasteiger partial charge in [0, 0.05) is 6.54 Å². The molecule has 0 N–H and O–H groups in total. The van der Waals surface area contributed by atoms with E-state index in [0.717, 1.165) is 23.9 Å². The molecule has 1 aromatic rings. The van der Waals surface area contributed by atoms with Crippen molar-refractivity contribution in [3.63, 3.8) is 0 Å². The molecule has 0 fully saturated rings. The van der Waals surface area contributed by atoms with Crippen molar-refractivity contribution in [1.29, 1.82) is 0 Å². The van der Waals surface area contributed by atoms with E-state index in [1.165, 1.54) is 0 Å². The number of thiol groups is 1. The summed E-state index contributed by atoms with van der Waals surface area (Å²) in [6.07, 6.45) is 0. The molecule has 1 aromatic heterocycles. The average Bonchev–Trinajstić information content (AvgIpc) is 2.30. The second kappa shape index (κ2) is 3.70. The summed E-state index contributed by atoms with van der Waals surface area (Å²) in [7, 11) is 0. The van der Waals surface area contributed by atoms with Gasteiger partial charge in [-0.25, -0.2) is 9.67 Å². The first-order valence-electron chi connectivity index (χ1n) is 4.43. The van der Waals surface area contributed by atoms with Crippen LogP contribution in [-0.2, 0) is 6.54 Å². The number of aryl methyl sites for hydroxylation is 2. The van der Waals surface area contributed by atoms with E-state index in [0.29, 0.717) is 0 Å². The summed E-state index contributed by atoms with van der Waals surface area (Å²) in [5, 5.41) is 4.31. The third-order valence-electron chi connectivity index (χ3n) is 1.97. The standard InChI is InChI=1S/C9H17N3S/c1-7-10-8(2)12(11-7)5-9(3,4)6-13/h13H,5-6H2,1-4H3. The maximum Gasteiger partial charge on any atom is 0.147 e. The minimum Gasteiger partial charge on any atom is -0.250 e. The van der Waals surface area contributed by atoms with Crippen molar-refractivity contribution in [2.75, 3.05) is 5.75 Å². The average molecular weight is 199 g/mol. The lowest BCUT2D eigenvalue weighted by atomic mass is 9.97. The van der Waals surface area contributed by atoms with Crippen molar-refractivity contribution in [3.8, 4) is 0 Å². The first-order valence-corrected chi connectivity index (χ1v) is 5.07. The van der Waals surface area contributed by atoms with Crippen LogP contribution in [0.3, 0.4) is 0 Å². The van der Waals surface area contributed by atoms with E-state index in [9.17, 15) is 0 Å². The van der Waals surface area contributed by atoms with Gasteiger partial charge in [0.05, 0.1) is 0 Å². The lowest BCUT2D eigenvalue weighted by Gasteiger charge is -2.21. The molecule has 0 unspecified atom stereocenters. The predicted octanol–water partition coefficient (Wildman–Crippen LogP) is 1.85. The van der Waals surface area contributed by atoms with Crippen LogP contribution in [0.25, 0.3) is 0 Å². The monoisotopic (exact) mass is 199 g/mol. The molecule has 0 aliphatic heterocycles. The molecule has 0 bridgehead atoms. The maximum absolute atomic E-state index is 4.31. The summed E-state index contributed by atoms with van der Waals surface area (Å²) >= 11 is 4.31. The molecule has 4 heteroatoms. The van der Waals surface area contributed by atoms with Crippen molar-refractivity contribution in [3.05, 3.63) is 11.6 Å². The van der Waals surface area contributed by atoms with Gasteiger partial charge in [-0.1, -0.05) is 13.8 Å². The highest BCUT2D eigenvalue weighted by Crippen LogP contribution is 2.19. The number of nitrogens with zero attached hydrogens (tertiary/aromatic N) is 3. The third-order valence-corrected chi connectivity index (χ3v) is 2.82. The Morgan fingerprint density at radius 2 is 2.00 bits per heavy atom. The van der Waals surface area contributed by atoms with Gasteiger partial charge in [0.15, 0.2) is 0 Å².